The van der Waals surface area contributed by atoms with Gasteiger partial charge in [-0.25, -0.2) is 0 Å². The molecule has 92 valence electrons. The van der Waals surface area contributed by atoms with Crippen LogP contribution in [0.2, 0.25) is 10.0 Å². The van der Waals surface area contributed by atoms with Crippen molar-refractivity contribution in [3.8, 4) is 0 Å². The van der Waals surface area contributed by atoms with E-state index < -0.39 is 17.8 Å². The topological polar surface area (TPSA) is 66.4 Å². The summed E-state index contributed by atoms with van der Waals surface area (Å²) in [6.07, 6.45) is 0. The maximum absolute atomic E-state index is 11.6. The molecule has 2 N–H and O–H groups in total. The summed E-state index contributed by atoms with van der Waals surface area (Å²) in [5.74, 6) is -3.03. The number of carboxylic acid groups (broad SMARTS) is 1. The highest BCUT2D eigenvalue weighted by Crippen LogP contribution is 2.33. The van der Waals surface area contributed by atoms with Crippen LogP contribution in [0.4, 0.5) is 5.69 Å². The van der Waals surface area contributed by atoms with Gasteiger partial charge in [0, 0.05) is 0 Å². The number of amides is 1. The second kappa shape index (κ2) is 5.38. The van der Waals surface area contributed by atoms with Crippen molar-refractivity contribution in [2.75, 3.05) is 5.32 Å². The van der Waals surface area contributed by atoms with E-state index in [9.17, 15) is 9.59 Å². The maximum atomic E-state index is 11.6. The molecule has 0 saturated heterocycles. The molecular weight excluding hydrogens is 265 g/mol. The number of carbonyl (C=O) groups is 2. The molecule has 1 aromatic carbocycles. The molecular formula is C11H11Cl2NO3. The summed E-state index contributed by atoms with van der Waals surface area (Å²) in [6, 6.07) is 3.30. The van der Waals surface area contributed by atoms with Gasteiger partial charge in [0.1, 0.15) is 5.92 Å². The molecule has 1 amide bonds. The number of rotatable bonds is 3. The summed E-state index contributed by atoms with van der Waals surface area (Å²) in [6.45, 7) is 3.05. The molecule has 0 saturated carbocycles. The zero-order valence-corrected chi connectivity index (χ0v) is 10.8. The van der Waals surface area contributed by atoms with Crippen LogP contribution in [0.25, 0.3) is 0 Å². The minimum atomic E-state index is -1.21. The van der Waals surface area contributed by atoms with E-state index in [0.29, 0.717) is 5.02 Å². The molecule has 1 unspecified atom stereocenters. The third kappa shape index (κ3) is 3.11. The highest BCUT2D eigenvalue weighted by molar-refractivity contribution is 6.40. The van der Waals surface area contributed by atoms with Crippen LogP contribution >= 0.6 is 23.2 Å². The average Bonchev–Trinajstić information content (AvgIpc) is 2.28. The third-order valence-corrected chi connectivity index (χ3v) is 3.10. The lowest BCUT2D eigenvalue weighted by Gasteiger charge is -2.12. The van der Waals surface area contributed by atoms with E-state index in [1.807, 2.05) is 0 Å². The van der Waals surface area contributed by atoms with Crippen molar-refractivity contribution >= 4 is 40.8 Å². The van der Waals surface area contributed by atoms with Gasteiger partial charge < -0.3 is 10.4 Å². The van der Waals surface area contributed by atoms with Crippen LogP contribution in [0.1, 0.15) is 12.5 Å². The lowest BCUT2D eigenvalue weighted by Crippen LogP contribution is -2.27. The molecule has 1 rings (SSSR count). The highest BCUT2D eigenvalue weighted by Gasteiger charge is 2.22. The summed E-state index contributed by atoms with van der Waals surface area (Å²) in [5.41, 5.74) is 0.987. The number of aliphatic carboxylic acids is 1. The van der Waals surface area contributed by atoms with Crippen LogP contribution in [-0.4, -0.2) is 17.0 Å². The third-order valence-electron chi connectivity index (χ3n) is 2.30. The number of carbonyl (C=O) groups excluding carboxylic acids is 1. The molecule has 0 aliphatic heterocycles. The fourth-order valence-corrected chi connectivity index (χ4v) is 1.58. The van der Waals surface area contributed by atoms with E-state index in [4.69, 9.17) is 28.3 Å². The van der Waals surface area contributed by atoms with Crippen molar-refractivity contribution in [3.63, 3.8) is 0 Å². The Morgan fingerprint density at radius 2 is 1.94 bits per heavy atom. The van der Waals surface area contributed by atoms with Gasteiger partial charge in [-0.05, 0) is 25.5 Å². The first kappa shape index (κ1) is 13.8. The molecule has 1 aromatic rings. The van der Waals surface area contributed by atoms with E-state index in [2.05, 4.69) is 5.32 Å². The molecule has 0 aliphatic rings. The Kier molecular flexibility index (Phi) is 4.37. The summed E-state index contributed by atoms with van der Waals surface area (Å²) in [4.78, 5) is 22.2. The first-order chi connectivity index (χ1) is 7.84. The average molecular weight is 276 g/mol. The fourth-order valence-electron chi connectivity index (χ4n) is 1.11. The minimum Gasteiger partial charge on any atom is -0.481 e. The van der Waals surface area contributed by atoms with Gasteiger partial charge in [0.15, 0.2) is 0 Å². The van der Waals surface area contributed by atoms with Crippen molar-refractivity contribution in [2.24, 2.45) is 5.92 Å². The predicted molar refractivity (Wildman–Crippen MR) is 66.6 cm³/mol. The number of carboxylic acids is 1. The van der Waals surface area contributed by atoms with Gasteiger partial charge in [-0.2, -0.15) is 0 Å². The Bertz CT molecular complexity index is 474. The van der Waals surface area contributed by atoms with E-state index in [1.165, 1.54) is 6.92 Å². The van der Waals surface area contributed by atoms with Crippen molar-refractivity contribution in [2.45, 2.75) is 13.8 Å². The van der Waals surface area contributed by atoms with Gasteiger partial charge in [0.05, 0.1) is 15.7 Å². The molecule has 4 nitrogen and oxygen atoms in total. The first-order valence-electron chi connectivity index (χ1n) is 4.83. The molecule has 17 heavy (non-hydrogen) atoms. The predicted octanol–water partition coefficient (Wildman–Crippen LogP) is 2.96. The standard InChI is InChI=1S/C11H11Cl2NO3/c1-5-3-4-7(12)9(8(5)13)14-10(15)6(2)11(16)17/h3-4,6H,1-2H3,(H,14,15)(H,16,17). The number of hydrogen-bond donors (Lipinski definition) is 2. The number of hydrogen-bond acceptors (Lipinski definition) is 2. The van der Waals surface area contributed by atoms with Crippen LogP contribution in [0, 0.1) is 12.8 Å². The Balaban J connectivity index is 3.00. The molecule has 0 radical (unpaired) electrons. The minimum absolute atomic E-state index is 0.242. The van der Waals surface area contributed by atoms with Gasteiger partial charge in [0.25, 0.3) is 0 Å². The molecule has 0 heterocycles. The summed E-state index contributed by atoms with van der Waals surface area (Å²) < 4.78 is 0. The zero-order valence-electron chi connectivity index (χ0n) is 9.25. The fraction of sp³-hybridized carbons (Fsp3) is 0.273. The summed E-state index contributed by atoms with van der Waals surface area (Å²) in [5, 5.41) is 11.7. The number of nitrogens with one attached hydrogen (secondary N) is 1. The highest BCUT2D eigenvalue weighted by atomic mass is 35.5. The van der Waals surface area contributed by atoms with Crippen molar-refractivity contribution in [3.05, 3.63) is 27.7 Å². The van der Waals surface area contributed by atoms with E-state index >= 15 is 0 Å². The van der Waals surface area contributed by atoms with Crippen LogP contribution in [0.5, 0.6) is 0 Å². The molecule has 0 aromatic heterocycles. The Labute approximate surface area is 109 Å². The Hall–Kier alpha value is -1.26. The molecule has 0 spiro atoms. The number of benzene rings is 1. The number of aryl methyl sites for hydroxylation is 1. The largest absolute Gasteiger partial charge is 0.481 e. The van der Waals surface area contributed by atoms with Crippen LogP contribution in [0.15, 0.2) is 12.1 Å². The maximum Gasteiger partial charge on any atom is 0.315 e. The normalized spacial score (nSPS) is 12.0. The van der Waals surface area contributed by atoms with Crippen molar-refractivity contribution in [1.29, 1.82) is 0 Å². The Morgan fingerprint density at radius 1 is 1.35 bits per heavy atom. The first-order valence-corrected chi connectivity index (χ1v) is 5.58. The second-order valence-electron chi connectivity index (χ2n) is 3.60. The lowest BCUT2D eigenvalue weighted by molar-refractivity contribution is -0.144. The molecule has 1 atom stereocenters. The van der Waals surface area contributed by atoms with Crippen molar-refractivity contribution in [1.82, 2.24) is 0 Å². The Morgan fingerprint density at radius 3 is 2.47 bits per heavy atom. The quantitative estimate of drug-likeness (QED) is 0.834. The second-order valence-corrected chi connectivity index (χ2v) is 4.39. The van der Waals surface area contributed by atoms with Gasteiger partial charge in [0.2, 0.25) is 5.91 Å². The SMILES string of the molecule is Cc1ccc(Cl)c(NC(=O)C(C)C(=O)O)c1Cl. The van der Waals surface area contributed by atoms with Gasteiger partial charge >= 0.3 is 5.97 Å². The monoisotopic (exact) mass is 275 g/mol. The van der Waals surface area contributed by atoms with Crippen LogP contribution < -0.4 is 5.32 Å². The summed E-state index contributed by atoms with van der Waals surface area (Å²) in [7, 11) is 0. The van der Waals surface area contributed by atoms with E-state index in [1.54, 1.807) is 19.1 Å². The zero-order chi connectivity index (χ0) is 13.2. The molecule has 0 aliphatic carbocycles. The number of halogens is 2. The smallest absolute Gasteiger partial charge is 0.315 e. The summed E-state index contributed by atoms with van der Waals surface area (Å²) >= 11 is 11.9. The van der Waals surface area contributed by atoms with E-state index in [0.717, 1.165) is 5.56 Å². The molecule has 0 fully saturated rings. The van der Waals surface area contributed by atoms with Gasteiger partial charge in [-0.15, -0.1) is 0 Å². The van der Waals surface area contributed by atoms with Crippen LogP contribution in [-0.2, 0) is 9.59 Å². The molecule has 0 bridgehead atoms. The number of anilines is 1. The lowest BCUT2D eigenvalue weighted by atomic mass is 10.1. The van der Waals surface area contributed by atoms with E-state index in [-0.39, 0.29) is 10.7 Å². The van der Waals surface area contributed by atoms with Crippen LogP contribution in [0.3, 0.4) is 0 Å². The van der Waals surface area contributed by atoms with Gasteiger partial charge in [-0.3, -0.25) is 9.59 Å². The van der Waals surface area contributed by atoms with Crippen molar-refractivity contribution < 1.29 is 14.7 Å². The van der Waals surface area contributed by atoms with Gasteiger partial charge in [-0.1, -0.05) is 29.3 Å². The molecule has 6 heteroatoms.